The molecule has 0 atom stereocenters. The van der Waals surface area contributed by atoms with Crippen molar-refractivity contribution in [2.75, 3.05) is 37.6 Å². The van der Waals surface area contributed by atoms with Crippen LogP contribution in [0.5, 0.6) is 0 Å². The maximum Gasteiger partial charge on any atom is 0.153 e. The van der Waals surface area contributed by atoms with Gasteiger partial charge in [-0.1, -0.05) is 13.0 Å². The number of anilines is 1. The molecule has 1 saturated heterocycles. The van der Waals surface area contributed by atoms with Crippen molar-refractivity contribution in [2.45, 2.75) is 20.8 Å². The minimum atomic E-state index is 0.886. The third kappa shape index (κ3) is 2.65. The van der Waals surface area contributed by atoms with E-state index in [0.29, 0.717) is 0 Å². The molecule has 0 unspecified atom stereocenters. The molecule has 0 amide bonds. The summed E-state index contributed by atoms with van der Waals surface area (Å²) in [6.45, 7) is 12.0. The predicted molar refractivity (Wildman–Crippen MR) is 85.2 cm³/mol. The van der Waals surface area contributed by atoms with Crippen LogP contribution in [0.2, 0.25) is 0 Å². The second-order valence-corrected chi connectivity index (χ2v) is 5.54. The van der Waals surface area contributed by atoms with Crippen molar-refractivity contribution >= 4 is 5.69 Å². The second-order valence-electron chi connectivity index (χ2n) is 5.54. The molecule has 3 rings (SSSR count). The van der Waals surface area contributed by atoms with Gasteiger partial charge in [0.1, 0.15) is 0 Å². The monoisotopic (exact) mass is 285 g/mol. The van der Waals surface area contributed by atoms with Crippen molar-refractivity contribution in [1.82, 2.24) is 19.7 Å². The molecule has 5 heteroatoms. The lowest BCUT2D eigenvalue weighted by Gasteiger charge is -2.35. The van der Waals surface area contributed by atoms with Crippen LogP contribution in [0.3, 0.4) is 0 Å². The Hall–Kier alpha value is -1.88. The van der Waals surface area contributed by atoms with Gasteiger partial charge in [0.15, 0.2) is 5.82 Å². The van der Waals surface area contributed by atoms with E-state index in [1.54, 1.807) is 0 Å². The maximum atomic E-state index is 4.69. The van der Waals surface area contributed by atoms with Crippen LogP contribution in [0.25, 0.3) is 5.82 Å². The fourth-order valence-corrected chi connectivity index (χ4v) is 3.08. The molecule has 0 aliphatic carbocycles. The van der Waals surface area contributed by atoms with E-state index in [2.05, 4.69) is 35.6 Å². The summed E-state index contributed by atoms with van der Waals surface area (Å²) in [5.41, 5.74) is 3.54. The van der Waals surface area contributed by atoms with E-state index in [9.17, 15) is 0 Å². The van der Waals surface area contributed by atoms with E-state index in [-0.39, 0.29) is 0 Å². The molecule has 3 heterocycles. The van der Waals surface area contributed by atoms with Crippen molar-refractivity contribution in [1.29, 1.82) is 0 Å². The largest absolute Gasteiger partial charge is 0.366 e. The van der Waals surface area contributed by atoms with Gasteiger partial charge in [0.05, 0.1) is 17.1 Å². The summed E-state index contributed by atoms with van der Waals surface area (Å²) in [6, 6.07) is 5.93. The highest BCUT2D eigenvalue weighted by atomic mass is 15.4. The number of nitrogens with zero attached hydrogens (tertiary/aromatic N) is 5. The molecular weight excluding hydrogens is 262 g/mol. The first-order valence-electron chi connectivity index (χ1n) is 7.65. The van der Waals surface area contributed by atoms with Crippen LogP contribution in [0.1, 0.15) is 18.3 Å². The molecule has 2 aromatic rings. The molecule has 0 spiro atoms. The second kappa shape index (κ2) is 5.85. The summed E-state index contributed by atoms with van der Waals surface area (Å²) in [5, 5.41) is 4.69. The Morgan fingerprint density at radius 1 is 1.10 bits per heavy atom. The summed E-state index contributed by atoms with van der Waals surface area (Å²) < 4.78 is 1.96. The summed E-state index contributed by atoms with van der Waals surface area (Å²) in [5.74, 6) is 0.886. The minimum Gasteiger partial charge on any atom is -0.366 e. The van der Waals surface area contributed by atoms with Crippen LogP contribution in [0.4, 0.5) is 5.69 Å². The molecule has 5 nitrogen and oxygen atoms in total. The Balaban J connectivity index is 1.89. The molecule has 1 aliphatic rings. The summed E-state index contributed by atoms with van der Waals surface area (Å²) in [7, 11) is 0. The summed E-state index contributed by atoms with van der Waals surface area (Å²) >= 11 is 0. The van der Waals surface area contributed by atoms with Gasteiger partial charge in [-0.2, -0.15) is 5.10 Å². The smallest absolute Gasteiger partial charge is 0.153 e. The number of aromatic nitrogens is 3. The highest BCUT2D eigenvalue weighted by Crippen LogP contribution is 2.27. The van der Waals surface area contributed by atoms with E-state index >= 15 is 0 Å². The lowest BCUT2D eigenvalue weighted by Crippen LogP contribution is -2.46. The molecule has 2 aromatic heterocycles. The zero-order chi connectivity index (χ0) is 14.8. The van der Waals surface area contributed by atoms with Crippen molar-refractivity contribution in [3.63, 3.8) is 0 Å². The third-order valence-corrected chi connectivity index (χ3v) is 4.26. The Morgan fingerprint density at radius 2 is 1.86 bits per heavy atom. The molecule has 0 N–H and O–H groups in total. The molecule has 1 aliphatic heterocycles. The first kappa shape index (κ1) is 14.1. The number of rotatable bonds is 3. The van der Waals surface area contributed by atoms with Crippen molar-refractivity contribution in [3.05, 3.63) is 35.8 Å². The Kier molecular flexibility index (Phi) is 3.92. The first-order chi connectivity index (χ1) is 10.2. The molecule has 0 radical (unpaired) electrons. The highest BCUT2D eigenvalue weighted by molar-refractivity contribution is 5.56. The molecule has 0 bridgehead atoms. The van der Waals surface area contributed by atoms with Crippen LogP contribution in [0, 0.1) is 13.8 Å². The SMILES string of the molecule is CCN1CCN(c2c(C)nn(-c3ccccn3)c2C)CC1. The lowest BCUT2D eigenvalue weighted by molar-refractivity contribution is 0.271. The molecule has 0 aromatic carbocycles. The van der Waals surface area contributed by atoms with Crippen LogP contribution >= 0.6 is 0 Å². The Labute approximate surface area is 126 Å². The minimum absolute atomic E-state index is 0.886. The lowest BCUT2D eigenvalue weighted by atomic mass is 10.2. The molecular formula is C16H23N5. The average molecular weight is 285 g/mol. The number of likely N-dealkylation sites (N-methyl/N-ethyl adjacent to an activating group) is 1. The van der Waals surface area contributed by atoms with E-state index < -0.39 is 0 Å². The van der Waals surface area contributed by atoms with Crippen LogP contribution < -0.4 is 4.90 Å². The standard InChI is InChI=1S/C16H23N5/c1-4-19-9-11-20(12-10-19)16-13(2)18-21(14(16)3)15-7-5-6-8-17-15/h5-8H,4,9-12H2,1-3H3. The van der Waals surface area contributed by atoms with Gasteiger partial charge in [-0.25, -0.2) is 9.67 Å². The number of pyridine rings is 1. The van der Waals surface area contributed by atoms with Crippen molar-refractivity contribution < 1.29 is 0 Å². The number of hydrogen-bond donors (Lipinski definition) is 0. The summed E-state index contributed by atoms with van der Waals surface area (Å²) in [4.78, 5) is 9.36. The molecule has 1 fully saturated rings. The van der Waals surface area contributed by atoms with Crippen molar-refractivity contribution in [3.8, 4) is 5.82 Å². The molecule has 0 saturated carbocycles. The van der Waals surface area contributed by atoms with Gasteiger partial charge >= 0.3 is 0 Å². The van der Waals surface area contributed by atoms with Gasteiger partial charge in [-0.15, -0.1) is 0 Å². The van der Waals surface area contributed by atoms with Gasteiger partial charge in [-0.05, 0) is 32.5 Å². The highest BCUT2D eigenvalue weighted by Gasteiger charge is 2.22. The number of aryl methyl sites for hydroxylation is 1. The van der Waals surface area contributed by atoms with Crippen LogP contribution in [-0.2, 0) is 0 Å². The third-order valence-electron chi connectivity index (χ3n) is 4.26. The van der Waals surface area contributed by atoms with Crippen LogP contribution in [-0.4, -0.2) is 52.4 Å². The van der Waals surface area contributed by atoms with Gasteiger partial charge in [0.25, 0.3) is 0 Å². The van der Waals surface area contributed by atoms with Crippen molar-refractivity contribution in [2.24, 2.45) is 0 Å². The van der Waals surface area contributed by atoms with E-state index in [0.717, 1.165) is 44.2 Å². The van der Waals surface area contributed by atoms with Gasteiger partial charge in [0.2, 0.25) is 0 Å². The average Bonchev–Trinajstić information content (AvgIpc) is 2.83. The molecule has 21 heavy (non-hydrogen) atoms. The van der Waals surface area contributed by atoms with Gasteiger partial charge in [-0.3, -0.25) is 0 Å². The van der Waals surface area contributed by atoms with Gasteiger partial charge in [0, 0.05) is 32.4 Å². The zero-order valence-electron chi connectivity index (χ0n) is 13.1. The fraction of sp³-hybridized carbons (Fsp3) is 0.500. The Bertz CT molecular complexity index is 597. The quantitative estimate of drug-likeness (QED) is 0.864. The van der Waals surface area contributed by atoms with E-state index in [1.165, 1.54) is 11.4 Å². The molecule has 112 valence electrons. The van der Waals surface area contributed by atoms with Crippen LogP contribution in [0.15, 0.2) is 24.4 Å². The first-order valence-corrected chi connectivity index (χ1v) is 7.65. The normalized spacial score (nSPS) is 16.4. The summed E-state index contributed by atoms with van der Waals surface area (Å²) in [6.07, 6.45) is 1.81. The zero-order valence-corrected chi connectivity index (χ0v) is 13.1. The topological polar surface area (TPSA) is 37.2 Å². The van der Waals surface area contributed by atoms with E-state index in [4.69, 9.17) is 5.10 Å². The maximum absolute atomic E-state index is 4.69. The van der Waals surface area contributed by atoms with E-state index in [1.807, 2.05) is 29.1 Å². The fourth-order valence-electron chi connectivity index (χ4n) is 3.08. The number of hydrogen-bond acceptors (Lipinski definition) is 4. The predicted octanol–water partition coefficient (Wildman–Crippen LogP) is 2.03. The Morgan fingerprint density at radius 3 is 2.48 bits per heavy atom. The van der Waals surface area contributed by atoms with Gasteiger partial charge < -0.3 is 9.80 Å². The number of piperazine rings is 1.